The Kier molecular flexibility index (Phi) is 3.14. The van der Waals surface area contributed by atoms with E-state index in [-0.39, 0.29) is 0 Å². The van der Waals surface area contributed by atoms with Crippen LogP contribution in [0.1, 0.15) is 6.92 Å². The Labute approximate surface area is 71.3 Å². The van der Waals surface area contributed by atoms with Crippen LogP contribution in [0.3, 0.4) is 0 Å². The lowest BCUT2D eigenvalue weighted by molar-refractivity contribution is -0.249. The lowest BCUT2D eigenvalue weighted by atomic mass is 10.3. The van der Waals surface area contributed by atoms with Gasteiger partial charge in [0.15, 0.2) is 6.08 Å². The molecule has 1 aromatic carbocycles. The molecule has 1 rings (SSSR count). The molecular weight excluding hydrogens is 154 g/mol. The van der Waals surface area contributed by atoms with Crippen LogP contribution in [0.15, 0.2) is 35.3 Å². The van der Waals surface area contributed by atoms with Crippen molar-refractivity contribution in [2.75, 3.05) is 6.61 Å². The number of para-hydroxylation sites is 1. The summed E-state index contributed by atoms with van der Waals surface area (Å²) in [6.07, 6.45) is -0.538. The predicted octanol–water partition coefficient (Wildman–Crippen LogP) is 1.07. The van der Waals surface area contributed by atoms with Crippen molar-refractivity contribution in [1.82, 2.24) is 0 Å². The van der Waals surface area contributed by atoms with Crippen molar-refractivity contribution in [2.45, 2.75) is 6.92 Å². The fraction of sp³-hybridized carbons (Fsp3) is 0.222. The fourth-order valence-corrected chi connectivity index (χ4v) is 0.764. The summed E-state index contributed by atoms with van der Waals surface area (Å²) >= 11 is 0. The molecule has 0 fully saturated rings. The summed E-state index contributed by atoms with van der Waals surface area (Å²) in [6.45, 7) is 2.10. The van der Waals surface area contributed by atoms with Crippen LogP contribution >= 0.6 is 0 Å². The molecule has 0 aliphatic carbocycles. The Morgan fingerprint density at radius 1 is 1.42 bits per heavy atom. The number of aliphatic imine (C=N–C) groups is 1. The van der Waals surface area contributed by atoms with Gasteiger partial charge in [-0.05, 0) is 18.7 Å². The number of hydrogen-bond donors (Lipinski definition) is 0. The second kappa shape index (κ2) is 4.38. The van der Waals surface area contributed by atoms with E-state index in [1.165, 1.54) is 0 Å². The molecule has 0 N–H and O–H groups in total. The predicted molar refractivity (Wildman–Crippen MR) is 45.2 cm³/mol. The zero-order valence-electron chi connectivity index (χ0n) is 6.86. The topological polar surface area (TPSA) is 44.6 Å². The summed E-state index contributed by atoms with van der Waals surface area (Å²) in [6, 6.07) is 8.99. The highest BCUT2D eigenvalue weighted by Gasteiger charge is 1.84. The van der Waals surface area contributed by atoms with Crippen LogP contribution < -0.4 is 5.11 Å². The second-order valence-corrected chi connectivity index (χ2v) is 2.15. The average Bonchev–Trinajstić information content (AvgIpc) is 2.06. The Balaban J connectivity index is 2.67. The minimum absolute atomic E-state index is 0.356. The van der Waals surface area contributed by atoms with Gasteiger partial charge in [0.2, 0.25) is 0 Å². The van der Waals surface area contributed by atoms with E-state index in [1.54, 1.807) is 19.1 Å². The van der Waals surface area contributed by atoms with Gasteiger partial charge in [-0.15, -0.1) is 0 Å². The largest absolute Gasteiger partial charge is 0.600 e. The van der Waals surface area contributed by atoms with Crippen molar-refractivity contribution in [1.29, 1.82) is 0 Å². The summed E-state index contributed by atoms with van der Waals surface area (Å²) in [4.78, 5) is 3.69. The van der Waals surface area contributed by atoms with Crippen LogP contribution in [-0.2, 0) is 4.74 Å². The monoisotopic (exact) mass is 164 g/mol. The molecule has 12 heavy (non-hydrogen) atoms. The van der Waals surface area contributed by atoms with E-state index in [2.05, 4.69) is 9.73 Å². The molecule has 0 aliphatic heterocycles. The molecule has 64 valence electrons. The molecule has 0 bridgehead atoms. The Hall–Kier alpha value is -1.51. The van der Waals surface area contributed by atoms with Gasteiger partial charge in [0.05, 0.1) is 5.69 Å². The molecule has 0 aliphatic rings. The lowest BCUT2D eigenvalue weighted by Gasteiger charge is -2.09. The van der Waals surface area contributed by atoms with Crippen molar-refractivity contribution in [3.63, 3.8) is 0 Å². The van der Waals surface area contributed by atoms with Gasteiger partial charge < -0.3 is 9.84 Å². The first-order valence-corrected chi connectivity index (χ1v) is 3.76. The van der Waals surface area contributed by atoms with Crippen LogP contribution in [0.2, 0.25) is 0 Å². The van der Waals surface area contributed by atoms with E-state index in [9.17, 15) is 5.11 Å². The zero-order chi connectivity index (χ0) is 8.81. The molecule has 0 amide bonds. The normalized spacial score (nSPS) is 11.2. The number of rotatable bonds is 2. The first-order valence-electron chi connectivity index (χ1n) is 3.76. The van der Waals surface area contributed by atoms with Gasteiger partial charge in [0, 0.05) is 0 Å². The third-order valence-electron chi connectivity index (χ3n) is 1.24. The molecule has 0 radical (unpaired) electrons. The maximum atomic E-state index is 10.8. The van der Waals surface area contributed by atoms with E-state index in [1.807, 2.05) is 18.2 Å². The standard InChI is InChI=1S/C9H11NO2/c1-2-12-9(11)10-8-6-4-3-5-7-8/h3-7H,2H2,1H3,(H,10,11)/p-1. The van der Waals surface area contributed by atoms with E-state index in [0.717, 1.165) is 0 Å². The molecule has 1 aromatic rings. The van der Waals surface area contributed by atoms with Gasteiger partial charge in [-0.3, -0.25) is 0 Å². The van der Waals surface area contributed by atoms with Crippen molar-refractivity contribution in [3.05, 3.63) is 30.3 Å². The van der Waals surface area contributed by atoms with E-state index in [0.29, 0.717) is 12.3 Å². The summed E-state index contributed by atoms with van der Waals surface area (Å²) in [5.41, 5.74) is 0.621. The molecule has 3 nitrogen and oxygen atoms in total. The molecule has 0 saturated carbocycles. The maximum absolute atomic E-state index is 10.8. The van der Waals surface area contributed by atoms with Crippen LogP contribution in [0, 0.1) is 0 Å². The molecule has 0 unspecified atom stereocenters. The van der Waals surface area contributed by atoms with Gasteiger partial charge >= 0.3 is 0 Å². The third-order valence-corrected chi connectivity index (χ3v) is 1.24. The third kappa shape index (κ3) is 2.62. The number of nitrogens with zero attached hydrogens (tertiary/aromatic N) is 1. The zero-order valence-corrected chi connectivity index (χ0v) is 6.86. The van der Waals surface area contributed by atoms with Crippen LogP contribution in [0.5, 0.6) is 0 Å². The van der Waals surface area contributed by atoms with E-state index >= 15 is 0 Å². The summed E-state index contributed by atoms with van der Waals surface area (Å²) in [5.74, 6) is 0. The molecule has 0 saturated heterocycles. The van der Waals surface area contributed by atoms with Crippen molar-refractivity contribution in [3.8, 4) is 0 Å². The minimum Gasteiger partial charge on any atom is -0.600 e. The van der Waals surface area contributed by atoms with Crippen molar-refractivity contribution < 1.29 is 9.84 Å². The number of benzene rings is 1. The van der Waals surface area contributed by atoms with E-state index < -0.39 is 6.08 Å². The first-order chi connectivity index (χ1) is 5.83. The fourth-order valence-electron chi connectivity index (χ4n) is 0.764. The molecular formula is C9H10NO2-. The lowest BCUT2D eigenvalue weighted by Crippen LogP contribution is -2.20. The average molecular weight is 164 g/mol. The maximum Gasteiger partial charge on any atom is 0.151 e. The van der Waals surface area contributed by atoms with Crippen LogP contribution in [-0.4, -0.2) is 12.7 Å². The second-order valence-electron chi connectivity index (χ2n) is 2.15. The molecule has 0 atom stereocenters. The Bertz CT molecular complexity index is 256. The Morgan fingerprint density at radius 3 is 2.67 bits per heavy atom. The molecule has 3 heteroatoms. The van der Waals surface area contributed by atoms with Crippen LogP contribution in [0.4, 0.5) is 5.69 Å². The van der Waals surface area contributed by atoms with Crippen LogP contribution in [0.25, 0.3) is 0 Å². The number of ether oxygens (including phenoxy) is 1. The van der Waals surface area contributed by atoms with Gasteiger partial charge in [-0.1, -0.05) is 25.1 Å². The highest BCUT2D eigenvalue weighted by Crippen LogP contribution is 2.08. The summed E-state index contributed by atoms with van der Waals surface area (Å²) < 4.78 is 4.64. The molecule has 0 aromatic heterocycles. The van der Waals surface area contributed by atoms with Gasteiger partial charge in [0.25, 0.3) is 0 Å². The van der Waals surface area contributed by atoms with E-state index in [4.69, 9.17) is 0 Å². The summed E-state index contributed by atoms with van der Waals surface area (Å²) in [7, 11) is 0. The first kappa shape index (κ1) is 8.59. The highest BCUT2D eigenvalue weighted by atomic mass is 16.6. The highest BCUT2D eigenvalue weighted by molar-refractivity contribution is 5.66. The Morgan fingerprint density at radius 2 is 2.08 bits per heavy atom. The van der Waals surface area contributed by atoms with Gasteiger partial charge in [-0.25, -0.2) is 4.99 Å². The minimum atomic E-state index is -0.538. The molecule has 0 heterocycles. The smallest absolute Gasteiger partial charge is 0.151 e. The SMILES string of the molecule is CCOC([O-])=Nc1ccccc1. The van der Waals surface area contributed by atoms with Gasteiger partial charge in [-0.2, -0.15) is 0 Å². The quantitative estimate of drug-likeness (QED) is 0.484. The number of hydrogen-bond acceptors (Lipinski definition) is 3. The van der Waals surface area contributed by atoms with Gasteiger partial charge in [0.1, 0.15) is 0 Å². The summed E-state index contributed by atoms with van der Waals surface area (Å²) in [5, 5.41) is 10.8. The molecule has 0 spiro atoms. The van der Waals surface area contributed by atoms with Crippen molar-refractivity contribution in [2.24, 2.45) is 4.99 Å². The van der Waals surface area contributed by atoms with Crippen molar-refractivity contribution >= 4 is 11.8 Å².